The molecule has 1 amide bonds. The van der Waals surface area contributed by atoms with Crippen molar-refractivity contribution in [3.8, 4) is 11.4 Å². The van der Waals surface area contributed by atoms with Gasteiger partial charge in [-0.15, -0.1) is 0 Å². The van der Waals surface area contributed by atoms with Gasteiger partial charge in [0, 0.05) is 70.1 Å². The number of hydrogen-bond donors (Lipinski definition) is 1. The lowest BCUT2D eigenvalue weighted by atomic mass is 10.2. The highest BCUT2D eigenvalue weighted by molar-refractivity contribution is 7.90. The van der Waals surface area contributed by atoms with Crippen LogP contribution in [0.2, 0.25) is 0 Å². The molecule has 208 valence electrons. The van der Waals surface area contributed by atoms with E-state index in [9.17, 15) is 13.2 Å². The van der Waals surface area contributed by atoms with E-state index < -0.39 is 15.7 Å². The van der Waals surface area contributed by atoms with Crippen molar-refractivity contribution in [2.75, 3.05) is 57.6 Å². The predicted octanol–water partition coefficient (Wildman–Crippen LogP) is 2.19. The molecular weight excluding hydrogens is 530 g/mol. The third-order valence-electron chi connectivity index (χ3n) is 6.77. The van der Waals surface area contributed by atoms with Crippen LogP contribution in [0, 0.1) is 0 Å². The highest BCUT2D eigenvalue weighted by Gasteiger charge is 2.18. The van der Waals surface area contributed by atoms with Crippen LogP contribution in [0.3, 0.4) is 0 Å². The number of methoxy groups -OCH3 is 1. The number of hydrogen-bond acceptors (Lipinski definition) is 10. The minimum atomic E-state index is -3.47. The second-order valence-electron chi connectivity index (χ2n) is 9.63. The number of anilines is 1. The SMILES string of the molecule is COCCN1CCN(c2cccc(-c3ccc4cnc(CNC(=O)c5cncc(S(C)(=O)=O)c5)cc4n3)n2)CC1. The number of pyridine rings is 4. The van der Waals surface area contributed by atoms with Crippen molar-refractivity contribution in [2.45, 2.75) is 11.4 Å². The maximum absolute atomic E-state index is 12.6. The molecule has 4 aromatic heterocycles. The van der Waals surface area contributed by atoms with E-state index in [0.29, 0.717) is 5.69 Å². The summed E-state index contributed by atoms with van der Waals surface area (Å²) in [5.41, 5.74) is 3.04. The van der Waals surface area contributed by atoms with Gasteiger partial charge in [0.25, 0.3) is 5.91 Å². The van der Waals surface area contributed by atoms with E-state index in [1.165, 1.54) is 18.5 Å². The minimum Gasteiger partial charge on any atom is -0.383 e. The molecule has 1 fully saturated rings. The normalized spacial score (nSPS) is 14.4. The van der Waals surface area contributed by atoms with Gasteiger partial charge in [-0.25, -0.2) is 18.4 Å². The molecule has 1 N–H and O–H groups in total. The number of carbonyl (C=O) groups is 1. The highest BCUT2D eigenvalue weighted by Crippen LogP contribution is 2.23. The molecule has 12 heteroatoms. The second-order valence-corrected chi connectivity index (χ2v) is 11.6. The number of rotatable bonds is 9. The zero-order valence-corrected chi connectivity index (χ0v) is 23.3. The maximum Gasteiger partial charge on any atom is 0.253 e. The number of piperazine rings is 1. The fourth-order valence-corrected chi connectivity index (χ4v) is 5.07. The van der Waals surface area contributed by atoms with Gasteiger partial charge in [-0.2, -0.15) is 0 Å². The Bertz CT molecular complexity index is 1620. The molecule has 0 aromatic carbocycles. The summed E-state index contributed by atoms with van der Waals surface area (Å²) in [4.78, 5) is 35.3. The zero-order valence-electron chi connectivity index (χ0n) is 22.4. The minimum absolute atomic E-state index is 0.0114. The molecule has 0 saturated carbocycles. The number of nitrogens with one attached hydrogen (secondary N) is 1. The Balaban J connectivity index is 1.28. The smallest absolute Gasteiger partial charge is 0.253 e. The number of fused-ring (bicyclic) bond motifs is 1. The van der Waals surface area contributed by atoms with Crippen LogP contribution in [-0.4, -0.2) is 91.9 Å². The monoisotopic (exact) mass is 561 g/mol. The standard InChI is InChI=1S/C28H31N7O4S/c1-39-13-12-34-8-10-35(11-9-34)27-5-3-4-24(33-27)25-7-6-20-17-30-22(15-26(20)32-25)18-31-28(36)21-14-23(19-29-16-21)40(2,37)38/h3-7,14-17,19H,8-13,18H2,1-2H3,(H,31,36). The first-order valence-corrected chi connectivity index (χ1v) is 14.8. The summed E-state index contributed by atoms with van der Waals surface area (Å²) in [6.45, 7) is 5.56. The molecular formula is C28H31N7O4S. The number of nitrogens with zero attached hydrogens (tertiary/aromatic N) is 6. The Morgan fingerprint density at radius 1 is 1.00 bits per heavy atom. The summed E-state index contributed by atoms with van der Waals surface area (Å²) in [5.74, 6) is 0.487. The van der Waals surface area contributed by atoms with Crippen molar-refractivity contribution in [3.63, 3.8) is 0 Å². The summed E-state index contributed by atoms with van der Waals surface area (Å²) >= 11 is 0. The van der Waals surface area contributed by atoms with Gasteiger partial charge in [0.15, 0.2) is 9.84 Å². The molecule has 1 saturated heterocycles. The van der Waals surface area contributed by atoms with E-state index >= 15 is 0 Å². The molecule has 4 aromatic rings. The van der Waals surface area contributed by atoms with Crippen molar-refractivity contribution >= 4 is 32.5 Å². The lowest BCUT2D eigenvalue weighted by Crippen LogP contribution is -2.47. The Hall–Kier alpha value is -4.00. The Kier molecular flexibility index (Phi) is 8.29. The van der Waals surface area contributed by atoms with Gasteiger partial charge in [-0.1, -0.05) is 6.07 Å². The van der Waals surface area contributed by atoms with Crippen LogP contribution in [0.1, 0.15) is 16.1 Å². The number of sulfone groups is 1. The van der Waals surface area contributed by atoms with Gasteiger partial charge < -0.3 is 15.0 Å². The van der Waals surface area contributed by atoms with Crippen LogP contribution in [0.25, 0.3) is 22.3 Å². The Morgan fingerprint density at radius 3 is 2.58 bits per heavy atom. The summed E-state index contributed by atoms with van der Waals surface area (Å²) in [6, 6.07) is 13.0. The van der Waals surface area contributed by atoms with Crippen molar-refractivity contribution in [1.29, 1.82) is 0 Å². The largest absolute Gasteiger partial charge is 0.383 e. The molecule has 40 heavy (non-hydrogen) atoms. The third kappa shape index (κ3) is 6.58. The third-order valence-corrected chi connectivity index (χ3v) is 7.85. The molecule has 0 spiro atoms. The van der Waals surface area contributed by atoms with E-state index in [1.54, 1.807) is 13.3 Å². The number of ether oxygens (including phenoxy) is 1. The van der Waals surface area contributed by atoms with Crippen molar-refractivity contribution < 1.29 is 17.9 Å². The van der Waals surface area contributed by atoms with E-state index in [0.717, 1.165) is 73.7 Å². The number of aromatic nitrogens is 4. The molecule has 11 nitrogen and oxygen atoms in total. The average molecular weight is 562 g/mol. The molecule has 5 rings (SSSR count). The van der Waals surface area contributed by atoms with Gasteiger partial charge in [-0.3, -0.25) is 19.7 Å². The fourth-order valence-electron chi connectivity index (χ4n) is 4.48. The second kappa shape index (κ2) is 12.0. The molecule has 0 unspecified atom stereocenters. The summed E-state index contributed by atoms with van der Waals surface area (Å²) in [7, 11) is -1.74. The van der Waals surface area contributed by atoms with Gasteiger partial charge in [0.1, 0.15) is 5.82 Å². The lowest BCUT2D eigenvalue weighted by molar-refractivity contribution is 0.0950. The summed E-state index contributed by atoms with van der Waals surface area (Å²) in [5, 5.41) is 3.64. The van der Waals surface area contributed by atoms with E-state index in [-0.39, 0.29) is 17.0 Å². The molecule has 1 aliphatic heterocycles. The van der Waals surface area contributed by atoms with E-state index in [1.807, 2.05) is 36.4 Å². The maximum atomic E-state index is 12.6. The van der Waals surface area contributed by atoms with E-state index in [4.69, 9.17) is 14.7 Å². The van der Waals surface area contributed by atoms with Crippen LogP contribution in [0.4, 0.5) is 5.82 Å². The molecule has 0 atom stereocenters. The van der Waals surface area contributed by atoms with Gasteiger partial charge in [-0.05, 0) is 36.4 Å². The Morgan fingerprint density at radius 2 is 1.80 bits per heavy atom. The number of amides is 1. The highest BCUT2D eigenvalue weighted by atomic mass is 32.2. The van der Waals surface area contributed by atoms with Crippen LogP contribution in [-0.2, 0) is 21.1 Å². The van der Waals surface area contributed by atoms with Crippen LogP contribution in [0.5, 0.6) is 0 Å². The molecule has 1 aliphatic rings. The quantitative estimate of drug-likeness (QED) is 0.324. The summed E-state index contributed by atoms with van der Waals surface area (Å²) in [6.07, 6.45) is 5.33. The van der Waals surface area contributed by atoms with Crippen molar-refractivity contribution in [2.24, 2.45) is 0 Å². The first-order chi connectivity index (χ1) is 19.3. The first-order valence-electron chi connectivity index (χ1n) is 12.9. The van der Waals surface area contributed by atoms with Crippen LogP contribution in [0.15, 0.2) is 66.0 Å². The van der Waals surface area contributed by atoms with E-state index in [2.05, 4.69) is 25.1 Å². The topological polar surface area (TPSA) is 131 Å². The van der Waals surface area contributed by atoms with Gasteiger partial charge >= 0.3 is 0 Å². The average Bonchev–Trinajstić information content (AvgIpc) is 2.98. The van der Waals surface area contributed by atoms with Crippen molar-refractivity contribution in [1.82, 2.24) is 30.2 Å². The fraction of sp³-hybridized carbons (Fsp3) is 0.321. The van der Waals surface area contributed by atoms with Crippen LogP contribution < -0.4 is 10.2 Å². The number of carbonyl (C=O) groups excluding carboxylic acids is 1. The molecule has 0 aliphatic carbocycles. The lowest BCUT2D eigenvalue weighted by Gasteiger charge is -2.35. The van der Waals surface area contributed by atoms with Crippen molar-refractivity contribution in [3.05, 3.63) is 72.3 Å². The molecule has 0 bridgehead atoms. The Labute approximate surface area is 233 Å². The van der Waals surface area contributed by atoms with Gasteiger partial charge in [0.05, 0.1) is 46.2 Å². The molecule has 5 heterocycles. The predicted molar refractivity (Wildman–Crippen MR) is 152 cm³/mol. The molecule has 0 radical (unpaired) electrons. The van der Waals surface area contributed by atoms with Gasteiger partial charge in [0.2, 0.25) is 0 Å². The first kappa shape index (κ1) is 27.6. The zero-order chi connectivity index (χ0) is 28.1. The summed E-state index contributed by atoms with van der Waals surface area (Å²) < 4.78 is 28.8. The van der Waals surface area contributed by atoms with Crippen LogP contribution >= 0.6 is 0 Å².